The standard InChI is InChI=1S/C11H15N9S.ClH/c1-8-6-9(20-10(14-8)12-7-13-20)21-11-15-16-17-19(11)5-4-18(2)3;/h6-7H,4-5H2,1-3H3;1H. The Morgan fingerprint density at radius 2 is 2.14 bits per heavy atom. The van der Waals surface area contributed by atoms with Crippen LogP contribution in [0.1, 0.15) is 5.69 Å². The van der Waals surface area contributed by atoms with Crippen LogP contribution >= 0.6 is 24.2 Å². The number of fused-ring (bicyclic) bond motifs is 1. The van der Waals surface area contributed by atoms with Crippen LogP contribution in [0.5, 0.6) is 0 Å². The molecule has 3 aromatic heterocycles. The number of aryl methyl sites for hydroxylation is 1. The predicted molar refractivity (Wildman–Crippen MR) is 83.3 cm³/mol. The zero-order valence-electron chi connectivity index (χ0n) is 12.4. The molecule has 0 bridgehead atoms. The lowest BCUT2D eigenvalue weighted by atomic mass is 10.5. The smallest absolute Gasteiger partial charge is 0.253 e. The highest BCUT2D eigenvalue weighted by Crippen LogP contribution is 2.25. The molecule has 118 valence electrons. The van der Waals surface area contributed by atoms with E-state index in [1.807, 2.05) is 27.1 Å². The Kier molecular flexibility index (Phi) is 5.27. The summed E-state index contributed by atoms with van der Waals surface area (Å²) in [6.07, 6.45) is 1.49. The molecule has 0 fully saturated rings. The molecule has 0 spiro atoms. The molecule has 0 amide bonds. The van der Waals surface area contributed by atoms with Crippen LogP contribution in [0.3, 0.4) is 0 Å². The highest BCUT2D eigenvalue weighted by Gasteiger charge is 2.13. The van der Waals surface area contributed by atoms with Crippen molar-refractivity contribution in [1.29, 1.82) is 0 Å². The van der Waals surface area contributed by atoms with Crippen LogP contribution in [-0.2, 0) is 6.54 Å². The summed E-state index contributed by atoms with van der Waals surface area (Å²) < 4.78 is 3.46. The normalized spacial score (nSPS) is 11.1. The van der Waals surface area contributed by atoms with E-state index in [9.17, 15) is 0 Å². The molecule has 9 nitrogen and oxygen atoms in total. The molecule has 0 saturated carbocycles. The average molecular weight is 342 g/mol. The third kappa shape index (κ3) is 3.51. The number of aromatic nitrogens is 8. The minimum atomic E-state index is 0. The fraction of sp³-hybridized carbons (Fsp3) is 0.455. The zero-order chi connectivity index (χ0) is 14.8. The second kappa shape index (κ2) is 6.99. The van der Waals surface area contributed by atoms with Gasteiger partial charge < -0.3 is 4.90 Å². The number of nitrogens with zero attached hydrogens (tertiary/aromatic N) is 9. The largest absolute Gasteiger partial charge is 0.308 e. The van der Waals surface area contributed by atoms with Crippen molar-refractivity contribution >= 4 is 29.9 Å². The lowest BCUT2D eigenvalue weighted by molar-refractivity contribution is 0.361. The van der Waals surface area contributed by atoms with Crippen molar-refractivity contribution in [1.82, 2.24) is 44.7 Å². The van der Waals surface area contributed by atoms with Gasteiger partial charge in [0.1, 0.15) is 11.4 Å². The van der Waals surface area contributed by atoms with Crippen molar-refractivity contribution in [2.75, 3.05) is 20.6 Å². The lowest BCUT2D eigenvalue weighted by Crippen LogP contribution is -2.19. The predicted octanol–water partition coefficient (Wildman–Crippen LogP) is 0.554. The van der Waals surface area contributed by atoms with E-state index >= 15 is 0 Å². The second-order valence-electron chi connectivity index (χ2n) is 4.80. The van der Waals surface area contributed by atoms with E-state index in [0.29, 0.717) is 5.78 Å². The SMILES string of the molecule is Cc1cc(Sc2nnnn2CCN(C)C)n2ncnc2n1.Cl. The summed E-state index contributed by atoms with van der Waals surface area (Å²) in [4.78, 5) is 10.5. The molecule has 0 aliphatic heterocycles. The molecule has 0 aliphatic carbocycles. The summed E-state index contributed by atoms with van der Waals surface area (Å²) in [6.45, 7) is 3.52. The fourth-order valence-corrected chi connectivity index (χ4v) is 2.71. The number of hydrogen-bond acceptors (Lipinski definition) is 8. The first-order valence-corrected chi connectivity index (χ1v) is 7.21. The third-order valence-electron chi connectivity index (χ3n) is 2.80. The summed E-state index contributed by atoms with van der Waals surface area (Å²) in [6, 6.07) is 1.94. The van der Waals surface area contributed by atoms with Crippen molar-refractivity contribution in [2.24, 2.45) is 0 Å². The van der Waals surface area contributed by atoms with E-state index in [4.69, 9.17) is 0 Å². The Morgan fingerprint density at radius 3 is 2.91 bits per heavy atom. The molecule has 3 rings (SSSR count). The second-order valence-corrected chi connectivity index (χ2v) is 5.79. The van der Waals surface area contributed by atoms with E-state index in [2.05, 4.69) is 35.5 Å². The van der Waals surface area contributed by atoms with Gasteiger partial charge in [0, 0.05) is 12.2 Å². The van der Waals surface area contributed by atoms with Gasteiger partial charge in [-0.1, -0.05) is 0 Å². The van der Waals surface area contributed by atoms with Gasteiger partial charge in [0.05, 0.1) is 6.54 Å². The first-order valence-electron chi connectivity index (χ1n) is 6.39. The Balaban J connectivity index is 0.00000176. The van der Waals surface area contributed by atoms with E-state index in [0.717, 1.165) is 29.0 Å². The Hall–Kier alpha value is -1.78. The number of halogens is 1. The van der Waals surface area contributed by atoms with Gasteiger partial charge >= 0.3 is 0 Å². The van der Waals surface area contributed by atoms with Crippen LogP contribution in [0.4, 0.5) is 0 Å². The van der Waals surface area contributed by atoms with Crippen molar-refractivity contribution < 1.29 is 0 Å². The molecule has 0 unspecified atom stereocenters. The van der Waals surface area contributed by atoms with Crippen LogP contribution < -0.4 is 0 Å². The lowest BCUT2D eigenvalue weighted by Gasteiger charge is -2.10. The molecule has 0 atom stereocenters. The first kappa shape index (κ1) is 16.6. The Labute approximate surface area is 137 Å². The Bertz CT molecular complexity index is 753. The van der Waals surface area contributed by atoms with Gasteiger partial charge in [-0.3, -0.25) is 0 Å². The molecule has 0 aliphatic rings. The van der Waals surface area contributed by atoms with Gasteiger partial charge in [-0.2, -0.15) is 14.6 Å². The summed E-state index contributed by atoms with van der Waals surface area (Å²) in [7, 11) is 4.03. The summed E-state index contributed by atoms with van der Waals surface area (Å²) in [5.41, 5.74) is 0.880. The van der Waals surface area contributed by atoms with Gasteiger partial charge in [-0.05, 0) is 49.3 Å². The first-order chi connectivity index (χ1) is 10.1. The van der Waals surface area contributed by atoms with Crippen LogP contribution in [0.2, 0.25) is 0 Å². The minimum Gasteiger partial charge on any atom is -0.308 e. The zero-order valence-corrected chi connectivity index (χ0v) is 14.0. The van der Waals surface area contributed by atoms with Crippen molar-refractivity contribution in [3.05, 3.63) is 18.1 Å². The van der Waals surface area contributed by atoms with Crippen LogP contribution in [0.25, 0.3) is 5.78 Å². The van der Waals surface area contributed by atoms with Crippen LogP contribution in [0, 0.1) is 6.92 Å². The van der Waals surface area contributed by atoms with Crippen LogP contribution in [0.15, 0.2) is 22.6 Å². The summed E-state index contributed by atoms with van der Waals surface area (Å²) in [5.74, 6) is 0.574. The van der Waals surface area contributed by atoms with Gasteiger partial charge in [0.15, 0.2) is 0 Å². The number of likely N-dealkylation sites (N-methyl/N-ethyl adjacent to an activating group) is 1. The maximum absolute atomic E-state index is 4.32. The third-order valence-corrected chi connectivity index (χ3v) is 3.78. The Morgan fingerprint density at radius 1 is 1.32 bits per heavy atom. The van der Waals surface area contributed by atoms with E-state index in [-0.39, 0.29) is 12.4 Å². The van der Waals surface area contributed by atoms with Gasteiger partial charge in [0.2, 0.25) is 5.16 Å². The highest BCUT2D eigenvalue weighted by atomic mass is 35.5. The molecular formula is C11H16ClN9S. The average Bonchev–Trinajstić information content (AvgIpc) is 3.05. The number of hydrogen-bond donors (Lipinski definition) is 0. The number of rotatable bonds is 5. The fourth-order valence-electron chi connectivity index (χ4n) is 1.77. The maximum Gasteiger partial charge on any atom is 0.253 e. The molecule has 3 aromatic rings. The quantitative estimate of drug-likeness (QED) is 0.622. The number of tetrazole rings is 1. The molecule has 0 aromatic carbocycles. The van der Waals surface area contributed by atoms with Crippen molar-refractivity contribution in [3.8, 4) is 0 Å². The maximum atomic E-state index is 4.32. The van der Waals surface area contributed by atoms with Gasteiger partial charge in [-0.25, -0.2) is 9.67 Å². The van der Waals surface area contributed by atoms with Crippen molar-refractivity contribution in [2.45, 2.75) is 23.7 Å². The highest BCUT2D eigenvalue weighted by molar-refractivity contribution is 7.99. The molecule has 0 radical (unpaired) electrons. The summed E-state index contributed by atoms with van der Waals surface area (Å²) in [5, 5.41) is 17.6. The topological polar surface area (TPSA) is 89.9 Å². The molecular weight excluding hydrogens is 326 g/mol. The van der Waals surface area contributed by atoms with E-state index in [1.165, 1.54) is 18.1 Å². The summed E-state index contributed by atoms with van der Waals surface area (Å²) >= 11 is 1.45. The van der Waals surface area contributed by atoms with E-state index < -0.39 is 0 Å². The molecule has 0 saturated heterocycles. The monoisotopic (exact) mass is 341 g/mol. The molecule has 0 N–H and O–H groups in total. The minimum absolute atomic E-state index is 0. The molecule has 22 heavy (non-hydrogen) atoms. The van der Waals surface area contributed by atoms with Crippen molar-refractivity contribution in [3.63, 3.8) is 0 Å². The van der Waals surface area contributed by atoms with Crippen LogP contribution in [-0.4, -0.2) is 65.3 Å². The van der Waals surface area contributed by atoms with Gasteiger partial charge in [-0.15, -0.1) is 17.5 Å². The van der Waals surface area contributed by atoms with E-state index in [1.54, 1.807) is 9.20 Å². The van der Waals surface area contributed by atoms with Gasteiger partial charge in [0.25, 0.3) is 5.78 Å². The molecule has 11 heteroatoms. The molecule has 3 heterocycles.